The molecule has 0 saturated carbocycles. The lowest BCUT2D eigenvalue weighted by Gasteiger charge is -2.21. The van der Waals surface area contributed by atoms with E-state index in [1.165, 1.54) is 0 Å². The van der Waals surface area contributed by atoms with E-state index in [2.05, 4.69) is 34.0 Å². The van der Waals surface area contributed by atoms with Crippen LogP contribution in [0.1, 0.15) is 11.3 Å². The van der Waals surface area contributed by atoms with Gasteiger partial charge in [-0.05, 0) is 34.7 Å². The van der Waals surface area contributed by atoms with Gasteiger partial charge in [-0.1, -0.05) is 11.6 Å². The Morgan fingerprint density at radius 3 is 3.06 bits per heavy atom. The first-order valence-electron chi connectivity index (χ1n) is 5.76. The van der Waals surface area contributed by atoms with Gasteiger partial charge in [0, 0.05) is 28.0 Å². The van der Waals surface area contributed by atoms with Gasteiger partial charge in [-0.25, -0.2) is 0 Å². The molecule has 1 aromatic heterocycles. The third-order valence-electron chi connectivity index (χ3n) is 3.17. The van der Waals surface area contributed by atoms with E-state index in [0.717, 1.165) is 44.4 Å². The summed E-state index contributed by atoms with van der Waals surface area (Å²) in [7, 11) is 1.93. The molecule has 2 heterocycles. The smallest absolute Gasteiger partial charge is 0.0913 e. The highest BCUT2D eigenvalue weighted by Crippen LogP contribution is 2.35. The number of nitrogens with one attached hydrogen (secondary N) is 1. The first-order chi connectivity index (χ1) is 8.70. The molecule has 18 heavy (non-hydrogen) atoms. The largest absolute Gasteiger partial charge is 0.387 e. The molecule has 0 spiro atoms. The van der Waals surface area contributed by atoms with Gasteiger partial charge in [0.25, 0.3) is 0 Å². The van der Waals surface area contributed by atoms with Crippen LogP contribution in [0.3, 0.4) is 0 Å². The molecule has 2 aromatic rings. The Bertz CT molecular complexity index is 630. The topological polar surface area (TPSA) is 34.2 Å². The van der Waals surface area contributed by atoms with Gasteiger partial charge in [0.05, 0.1) is 35.1 Å². The number of rotatable bonds is 1. The molecule has 0 radical (unpaired) electrons. The SMILES string of the molecule is CNc1c2c(nc3c(Cl)cc(I)cc13)CCOC2. The van der Waals surface area contributed by atoms with Crippen molar-refractivity contribution >= 4 is 50.8 Å². The van der Waals surface area contributed by atoms with Crippen LogP contribution < -0.4 is 5.32 Å². The number of halogens is 2. The van der Waals surface area contributed by atoms with Crippen LogP contribution in [0.25, 0.3) is 10.9 Å². The average molecular weight is 375 g/mol. The fraction of sp³-hybridized carbons (Fsp3) is 0.308. The highest BCUT2D eigenvalue weighted by Gasteiger charge is 2.19. The molecule has 5 heteroatoms. The normalized spacial score (nSPS) is 14.6. The Kier molecular flexibility index (Phi) is 3.34. The van der Waals surface area contributed by atoms with Crippen molar-refractivity contribution in [3.8, 4) is 0 Å². The van der Waals surface area contributed by atoms with E-state index in [9.17, 15) is 0 Å². The second-order valence-corrected chi connectivity index (χ2v) is 5.90. The Labute approximate surface area is 124 Å². The monoisotopic (exact) mass is 374 g/mol. The van der Waals surface area contributed by atoms with Gasteiger partial charge in [-0.2, -0.15) is 0 Å². The lowest BCUT2D eigenvalue weighted by atomic mass is 10.0. The summed E-state index contributed by atoms with van der Waals surface area (Å²) in [5, 5.41) is 5.05. The Morgan fingerprint density at radius 1 is 1.44 bits per heavy atom. The van der Waals surface area contributed by atoms with Crippen molar-refractivity contribution < 1.29 is 4.74 Å². The van der Waals surface area contributed by atoms with Crippen molar-refractivity contribution in [2.24, 2.45) is 0 Å². The molecule has 3 rings (SSSR count). The molecule has 0 unspecified atom stereocenters. The first kappa shape index (κ1) is 12.4. The van der Waals surface area contributed by atoms with Crippen molar-refractivity contribution in [3.63, 3.8) is 0 Å². The van der Waals surface area contributed by atoms with Crippen LogP contribution in [-0.2, 0) is 17.8 Å². The number of benzene rings is 1. The molecule has 1 aliphatic heterocycles. The Balaban J connectivity index is 2.40. The Morgan fingerprint density at radius 2 is 2.28 bits per heavy atom. The summed E-state index contributed by atoms with van der Waals surface area (Å²) in [6.07, 6.45) is 0.849. The van der Waals surface area contributed by atoms with Gasteiger partial charge in [-0.15, -0.1) is 0 Å². The van der Waals surface area contributed by atoms with Gasteiger partial charge in [0.15, 0.2) is 0 Å². The summed E-state index contributed by atoms with van der Waals surface area (Å²) in [4.78, 5) is 4.71. The quantitative estimate of drug-likeness (QED) is 0.775. The molecule has 0 aliphatic carbocycles. The summed E-state index contributed by atoms with van der Waals surface area (Å²) < 4.78 is 6.64. The Hall–Kier alpha value is -0.590. The fourth-order valence-electron chi connectivity index (χ4n) is 2.37. The molecule has 1 aromatic carbocycles. The lowest BCUT2D eigenvalue weighted by Crippen LogP contribution is -2.14. The minimum absolute atomic E-state index is 0.623. The van der Waals surface area contributed by atoms with Crippen molar-refractivity contribution in [1.29, 1.82) is 0 Å². The highest BCUT2D eigenvalue weighted by molar-refractivity contribution is 14.1. The minimum Gasteiger partial charge on any atom is -0.387 e. The van der Waals surface area contributed by atoms with Gasteiger partial charge in [0.2, 0.25) is 0 Å². The third-order valence-corrected chi connectivity index (χ3v) is 4.08. The number of anilines is 1. The van der Waals surface area contributed by atoms with Crippen LogP contribution in [0.2, 0.25) is 5.02 Å². The van der Waals surface area contributed by atoms with Gasteiger partial charge >= 0.3 is 0 Å². The van der Waals surface area contributed by atoms with E-state index in [4.69, 9.17) is 21.3 Å². The van der Waals surface area contributed by atoms with Crippen molar-refractivity contribution in [2.75, 3.05) is 19.0 Å². The summed E-state index contributed by atoms with van der Waals surface area (Å²) in [6.45, 7) is 1.36. The van der Waals surface area contributed by atoms with Crippen LogP contribution in [0.4, 0.5) is 5.69 Å². The maximum atomic E-state index is 6.31. The number of pyridine rings is 1. The second kappa shape index (κ2) is 4.83. The van der Waals surface area contributed by atoms with Crippen LogP contribution >= 0.6 is 34.2 Å². The van der Waals surface area contributed by atoms with E-state index >= 15 is 0 Å². The predicted octanol–water partition coefficient (Wildman–Crippen LogP) is 3.61. The standard InChI is InChI=1S/C13H12ClIN2O/c1-16-12-8-4-7(15)5-10(14)13(8)17-11-2-3-18-6-9(11)12/h4-5H,2-3,6H2,1H3,(H,16,17). The maximum Gasteiger partial charge on any atom is 0.0913 e. The number of nitrogens with zero attached hydrogens (tertiary/aromatic N) is 1. The van der Waals surface area contributed by atoms with Crippen LogP contribution in [0.15, 0.2) is 12.1 Å². The molecular formula is C13H12ClIN2O. The molecule has 0 saturated heterocycles. The van der Waals surface area contributed by atoms with Gasteiger partial charge in [-0.3, -0.25) is 4.98 Å². The second-order valence-electron chi connectivity index (χ2n) is 4.25. The average Bonchev–Trinajstić information content (AvgIpc) is 2.36. The zero-order valence-corrected chi connectivity index (χ0v) is 12.8. The van der Waals surface area contributed by atoms with Crippen molar-refractivity contribution in [1.82, 2.24) is 4.98 Å². The van der Waals surface area contributed by atoms with Crippen LogP contribution in [0.5, 0.6) is 0 Å². The summed E-state index contributed by atoms with van der Waals surface area (Å²) in [5.74, 6) is 0. The first-order valence-corrected chi connectivity index (χ1v) is 7.22. The molecule has 94 valence electrons. The molecule has 0 bridgehead atoms. The van der Waals surface area contributed by atoms with E-state index in [-0.39, 0.29) is 0 Å². The van der Waals surface area contributed by atoms with Crippen molar-refractivity contribution in [2.45, 2.75) is 13.0 Å². The molecule has 0 amide bonds. The summed E-state index contributed by atoms with van der Waals surface area (Å²) in [6, 6.07) is 4.05. The number of aromatic nitrogens is 1. The molecule has 0 atom stereocenters. The van der Waals surface area contributed by atoms with E-state index in [1.807, 2.05) is 13.1 Å². The fourth-order valence-corrected chi connectivity index (χ4v) is 3.44. The van der Waals surface area contributed by atoms with Gasteiger partial charge in [0.1, 0.15) is 0 Å². The molecule has 3 nitrogen and oxygen atoms in total. The zero-order chi connectivity index (χ0) is 12.7. The number of ether oxygens (including phenoxy) is 1. The van der Waals surface area contributed by atoms with Crippen LogP contribution in [-0.4, -0.2) is 18.6 Å². The number of hydrogen-bond acceptors (Lipinski definition) is 3. The van der Waals surface area contributed by atoms with Crippen LogP contribution in [0, 0.1) is 3.57 Å². The van der Waals surface area contributed by atoms with E-state index in [1.54, 1.807) is 0 Å². The van der Waals surface area contributed by atoms with Gasteiger partial charge < -0.3 is 10.1 Å². The third kappa shape index (κ3) is 1.96. The van der Waals surface area contributed by atoms with E-state index < -0.39 is 0 Å². The van der Waals surface area contributed by atoms with E-state index in [0.29, 0.717) is 11.6 Å². The highest BCUT2D eigenvalue weighted by atomic mass is 127. The molecular weight excluding hydrogens is 363 g/mol. The molecule has 1 aliphatic rings. The van der Waals surface area contributed by atoms with Crippen molar-refractivity contribution in [3.05, 3.63) is 32.0 Å². The minimum atomic E-state index is 0.623. The summed E-state index contributed by atoms with van der Waals surface area (Å²) in [5.41, 5.74) is 4.23. The maximum absolute atomic E-state index is 6.31. The zero-order valence-electron chi connectivity index (χ0n) is 9.89. The summed E-state index contributed by atoms with van der Waals surface area (Å²) >= 11 is 8.58. The predicted molar refractivity (Wildman–Crippen MR) is 82.4 cm³/mol. The lowest BCUT2D eigenvalue weighted by molar-refractivity contribution is 0.110. The number of fused-ring (bicyclic) bond motifs is 2. The molecule has 1 N–H and O–H groups in total. The molecule has 0 fully saturated rings. The number of hydrogen-bond donors (Lipinski definition) is 1.